The fourth-order valence-electron chi connectivity index (χ4n) is 5.65. The van der Waals surface area contributed by atoms with Gasteiger partial charge >= 0.3 is 0 Å². The predicted molar refractivity (Wildman–Crippen MR) is 143 cm³/mol. The molecule has 0 amide bonds. The van der Waals surface area contributed by atoms with Crippen LogP contribution in [0.2, 0.25) is 0 Å². The number of allylic oxidation sites excluding steroid dienone is 1. The Balaban J connectivity index is 0.000000151. The largest absolute Gasteiger partial charge is 0.475 e. The van der Waals surface area contributed by atoms with E-state index in [1.54, 1.807) is 7.11 Å². The summed E-state index contributed by atoms with van der Waals surface area (Å²) in [5.41, 5.74) is 3.24. The lowest BCUT2D eigenvalue weighted by molar-refractivity contribution is 0.0559. The van der Waals surface area contributed by atoms with Crippen molar-refractivity contribution >= 4 is 35.6 Å². The van der Waals surface area contributed by atoms with Gasteiger partial charge in [0.15, 0.2) is 5.72 Å². The van der Waals surface area contributed by atoms with Crippen molar-refractivity contribution < 1.29 is 9.47 Å². The monoisotopic (exact) mass is 518 g/mol. The van der Waals surface area contributed by atoms with Crippen LogP contribution in [0.25, 0.3) is 5.57 Å². The quantitative estimate of drug-likeness (QED) is 0.371. The van der Waals surface area contributed by atoms with Crippen molar-refractivity contribution in [3.05, 3.63) is 23.7 Å². The third-order valence-electron chi connectivity index (χ3n) is 7.79. The number of hydrogen-bond acceptors (Lipinski definition) is 10. The first-order chi connectivity index (χ1) is 17.2. The Morgan fingerprint density at radius 2 is 1.74 bits per heavy atom. The molecule has 7 aliphatic heterocycles. The second-order valence-electron chi connectivity index (χ2n) is 9.98. The Hall–Kier alpha value is -1.62. The number of aromatic nitrogens is 2. The van der Waals surface area contributed by atoms with Gasteiger partial charge in [-0.3, -0.25) is 0 Å². The van der Waals surface area contributed by atoms with Crippen LogP contribution >= 0.6 is 23.9 Å². The molecule has 2 fully saturated rings. The summed E-state index contributed by atoms with van der Waals surface area (Å²) in [7, 11) is 1.74. The highest BCUT2D eigenvalue weighted by molar-refractivity contribution is 7.96. The van der Waals surface area contributed by atoms with Crippen LogP contribution in [0.4, 0.5) is 0 Å². The van der Waals surface area contributed by atoms with Crippen LogP contribution in [0.3, 0.4) is 0 Å². The molecule has 1 atom stereocenters. The Bertz CT molecular complexity index is 934. The second kappa shape index (κ2) is 11.6. The van der Waals surface area contributed by atoms with E-state index in [-0.39, 0.29) is 0 Å². The molecule has 0 spiro atoms. The van der Waals surface area contributed by atoms with Crippen LogP contribution in [0.1, 0.15) is 64.0 Å². The Labute approximate surface area is 217 Å². The van der Waals surface area contributed by atoms with Gasteiger partial charge in [-0.05, 0) is 43.9 Å². The molecule has 192 valence electrons. The minimum atomic E-state index is -0.450. The lowest BCUT2D eigenvalue weighted by Crippen LogP contribution is -2.51. The normalized spacial score (nSPS) is 25.5. The van der Waals surface area contributed by atoms with E-state index < -0.39 is 5.72 Å². The molecule has 8 heterocycles. The molecule has 7 aliphatic rings. The first-order valence-electron chi connectivity index (χ1n) is 13.1. The van der Waals surface area contributed by atoms with E-state index in [4.69, 9.17) is 9.47 Å². The van der Waals surface area contributed by atoms with E-state index >= 15 is 0 Å². The predicted octanol–water partition coefficient (Wildman–Crippen LogP) is 4.74. The number of methoxy groups -OCH3 is 1. The number of piperidine rings is 2. The number of hydrogen-bond donors (Lipinski definition) is 1. The molecule has 0 aromatic carbocycles. The van der Waals surface area contributed by atoms with E-state index in [0.717, 1.165) is 24.6 Å². The number of nitrogens with one attached hydrogen (secondary N) is 1. The molecule has 4 bridgehead atoms. The van der Waals surface area contributed by atoms with Crippen molar-refractivity contribution in [3.8, 4) is 5.88 Å². The van der Waals surface area contributed by atoms with Gasteiger partial charge in [0.05, 0.1) is 36.7 Å². The molecular weight excluding hydrogens is 480 g/mol. The van der Waals surface area contributed by atoms with E-state index in [9.17, 15) is 0 Å². The molecule has 35 heavy (non-hydrogen) atoms. The van der Waals surface area contributed by atoms with Crippen LogP contribution in [-0.4, -0.2) is 70.4 Å². The average molecular weight is 519 g/mol. The fourth-order valence-corrected chi connectivity index (χ4v) is 6.82. The molecule has 8 nitrogen and oxygen atoms in total. The molecule has 1 N–H and O–H groups in total. The van der Waals surface area contributed by atoms with Crippen LogP contribution in [0, 0.1) is 11.8 Å². The van der Waals surface area contributed by atoms with Gasteiger partial charge < -0.3 is 19.3 Å². The van der Waals surface area contributed by atoms with Crippen molar-refractivity contribution in [2.75, 3.05) is 39.9 Å². The zero-order valence-corrected chi connectivity index (χ0v) is 22.6. The molecule has 1 aromatic rings. The molecule has 10 heteroatoms. The maximum Gasteiger partial charge on any atom is 0.253 e. The maximum atomic E-state index is 5.86. The van der Waals surface area contributed by atoms with Gasteiger partial charge in [0.2, 0.25) is 0 Å². The third-order valence-corrected chi connectivity index (χ3v) is 8.90. The lowest BCUT2D eigenvalue weighted by atomic mass is 9.81. The minimum absolute atomic E-state index is 0.450. The first-order valence-corrected chi connectivity index (χ1v) is 14.6. The summed E-state index contributed by atoms with van der Waals surface area (Å²) in [5.74, 6) is 2.07. The number of nitrogens with zero attached hydrogens (tertiary/aromatic N) is 5. The Morgan fingerprint density at radius 1 is 1.00 bits per heavy atom. The molecule has 1 unspecified atom stereocenters. The molecule has 1 aromatic heterocycles. The van der Waals surface area contributed by atoms with Crippen LogP contribution in [0.5, 0.6) is 5.88 Å². The number of rotatable bonds is 9. The third kappa shape index (κ3) is 5.55. The van der Waals surface area contributed by atoms with Crippen molar-refractivity contribution in [2.24, 2.45) is 16.2 Å². The molecular formula is C25H38N6O2S2. The summed E-state index contributed by atoms with van der Waals surface area (Å²) < 4.78 is 27.7. The summed E-state index contributed by atoms with van der Waals surface area (Å²) in [6.07, 6.45) is 16.3. The lowest BCUT2D eigenvalue weighted by Gasteiger charge is -2.43. The van der Waals surface area contributed by atoms with E-state index in [1.165, 1.54) is 106 Å². The van der Waals surface area contributed by atoms with Crippen molar-refractivity contribution in [2.45, 2.75) is 64.0 Å². The smallest absolute Gasteiger partial charge is 0.253 e. The molecule has 8 rings (SSSR count). The molecule has 0 aliphatic carbocycles. The zero-order valence-electron chi connectivity index (χ0n) is 20.9. The van der Waals surface area contributed by atoms with Crippen molar-refractivity contribution in [3.63, 3.8) is 0 Å². The number of fused-ring (bicyclic) bond motifs is 4. The van der Waals surface area contributed by atoms with Gasteiger partial charge in [0.1, 0.15) is 5.69 Å². The van der Waals surface area contributed by atoms with Crippen molar-refractivity contribution in [1.82, 2.24) is 23.3 Å². The number of ether oxygens (including phenoxy) is 2. The standard InChI is InChI=1S/C15H23N3OS.C10H15N3OS/c1-2-3-4-5-10-19-15-14(16-20-17-15)13-11-18-8-6-12(13)7-9-18;1-14-10(7-11-15-12-10)9-6-13-4-2-8(9)3-5-13/h11-12H,2-10H2,1H3;6-8,12H,2-5H2,1H3. The molecule has 2 saturated heterocycles. The van der Waals surface area contributed by atoms with Crippen molar-refractivity contribution in [1.29, 1.82) is 0 Å². The minimum Gasteiger partial charge on any atom is -0.475 e. The summed E-state index contributed by atoms with van der Waals surface area (Å²) >= 11 is 2.63. The van der Waals surface area contributed by atoms with Gasteiger partial charge in [-0.1, -0.05) is 26.2 Å². The van der Waals surface area contributed by atoms with Crippen LogP contribution < -0.4 is 9.46 Å². The SMILES string of the molecule is CCCCCCOc1nsnc1C1=CN2CCC1CC2.COC1(C2=CN3CCC2CC3)C=NSN1. The summed E-state index contributed by atoms with van der Waals surface area (Å²) in [6.45, 7) is 7.76. The van der Waals surface area contributed by atoms with Gasteiger partial charge in [-0.25, -0.2) is 9.12 Å². The Kier molecular flexibility index (Phi) is 8.32. The van der Waals surface area contributed by atoms with Gasteiger partial charge in [0.25, 0.3) is 5.88 Å². The van der Waals surface area contributed by atoms with Gasteiger partial charge in [-0.15, -0.1) is 4.37 Å². The van der Waals surface area contributed by atoms with E-state index in [1.807, 2.05) is 6.21 Å². The van der Waals surface area contributed by atoms with Gasteiger partial charge in [-0.2, -0.15) is 4.37 Å². The second-order valence-corrected chi connectivity index (χ2v) is 11.1. The highest BCUT2D eigenvalue weighted by Crippen LogP contribution is 2.40. The van der Waals surface area contributed by atoms with Gasteiger partial charge in [0, 0.05) is 56.8 Å². The summed E-state index contributed by atoms with van der Waals surface area (Å²) in [4.78, 5) is 4.79. The highest BCUT2D eigenvalue weighted by atomic mass is 32.2. The highest BCUT2D eigenvalue weighted by Gasteiger charge is 2.43. The van der Waals surface area contributed by atoms with E-state index in [0.29, 0.717) is 11.8 Å². The number of unbranched alkanes of at least 4 members (excludes halogenated alkanes) is 3. The summed E-state index contributed by atoms with van der Waals surface area (Å²) in [5, 5.41) is 0. The topological polar surface area (TPSA) is 75.1 Å². The zero-order chi connectivity index (χ0) is 24.1. The fraction of sp³-hybridized carbons (Fsp3) is 0.720. The summed E-state index contributed by atoms with van der Waals surface area (Å²) in [6, 6.07) is 0. The average Bonchev–Trinajstić information content (AvgIpc) is 3.61. The van der Waals surface area contributed by atoms with E-state index in [2.05, 4.69) is 47.0 Å². The Morgan fingerprint density at radius 3 is 2.31 bits per heavy atom. The molecule has 0 radical (unpaired) electrons. The first kappa shape index (κ1) is 25.0. The van der Waals surface area contributed by atoms with Crippen LogP contribution in [0.15, 0.2) is 22.4 Å². The van der Waals surface area contributed by atoms with Crippen LogP contribution in [-0.2, 0) is 4.74 Å². The molecule has 0 saturated carbocycles. The maximum absolute atomic E-state index is 5.86.